The van der Waals surface area contributed by atoms with Crippen molar-refractivity contribution in [2.24, 2.45) is 17.8 Å². The van der Waals surface area contributed by atoms with E-state index in [2.05, 4.69) is 17.0 Å². The summed E-state index contributed by atoms with van der Waals surface area (Å²) in [6, 6.07) is 10.4. The van der Waals surface area contributed by atoms with Crippen molar-refractivity contribution in [2.75, 3.05) is 26.2 Å². The Morgan fingerprint density at radius 1 is 1.00 bits per heavy atom. The molecule has 5 nitrogen and oxygen atoms in total. The highest BCUT2D eigenvalue weighted by atomic mass is 16.4. The number of amides is 1. The quantitative estimate of drug-likeness (QED) is 0.865. The number of fused-ring (bicyclic) bond motifs is 1. The SMILES string of the molecule is O=C(O)CN1C[C@H]2CN(C(=O)CC3CCCCC3)[C@H](c3ccccc3)[C@H]2C1. The van der Waals surface area contributed by atoms with E-state index in [9.17, 15) is 9.59 Å². The maximum absolute atomic E-state index is 13.2. The molecular formula is C22H30N2O3. The Morgan fingerprint density at radius 2 is 1.74 bits per heavy atom. The van der Waals surface area contributed by atoms with E-state index in [4.69, 9.17) is 5.11 Å². The molecule has 1 aromatic carbocycles. The van der Waals surface area contributed by atoms with Crippen LogP contribution in [-0.2, 0) is 9.59 Å². The number of carbonyl (C=O) groups is 2. The van der Waals surface area contributed by atoms with E-state index < -0.39 is 5.97 Å². The maximum atomic E-state index is 13.2. The molecule has 1 N–H and O–H groups in total. The maximum Gasteiger partial charge on any atom is 0.317 e. The highest BCUT2D eigenvalue weighted by Crippen LogP contribution is 2.45. The summed E-state index contributed by atoms with van der Waals surface area (Å²) in [6.07, 6.45) is 6.89. The molecule has 3 fully saturated rings. The van der Waals surface area contributed by atoms with E-state index >= 15 is 0 Å². The Labute approximate surface area is 161 Å². The van der Waals surface area contributed by atoms with Crippen molar-refractivity contribution in [3.05, 3.63) is 35.9 Å². The zero-order valence-electron chi connectivity index (χ0n) is 15.9. The van der Waals surface area contributed by atoms with Crippen LogP contribution in [0.2, 0.25) is 0 Å². The molecule has 1 aliphatic carbocycles. The molecular weight excluding hydrogens is 340 g/mol. The lowest BCUT2D eigenvalue weighted by Gasteiger charge is -2.31. The van der Waals surface area contributed by atoms with Gasteiger partial charge in [0.25, 0.3) is 0 Å². The number of carboxylic acid groups (broad SMARTS) is 1. The minimum absolute atomic E-state index is 0.0890. The Morgan fingerprint density at radius 3 is 2.44 bits per heavy atom. The molecule has 3 atom stereocenters. The van der Waals surface area contributed by atoms with Crippen molar-refractivity contribution in [1.29, 1.82) is 0 Å². The molecule has 0 spiro atoms. The van der Waals surface area contributed by atoms with Gasteiger partial charge in [-0.3, -0.25) is 14.5 Å². The molecule has 27 heavy (non-hydrogen) atoms. The lowest BCUT2D eigenvalue weighted by molar-refractivity contribution is -0.139. The monoisotopic (exact) mass is 370 g/mol. The van der Waals surface area contributed by atoms with Crippen LogP contribution in [0.4, 0.5) is 0 Å². The summed E-state index contributed by atoms with van der Waals surface area (Å²) in [5, 5.41) is 9.14. The summed E-state index contributed by atoms with van der Waals surface area (Å²) < 4.78 is 0. The minimum atomic E-state index is -0.767. The van der Waals surface area contributed by atoms with E-state index in [1.165, 1.54) is 37.7 Å². The van der Waals surface area contributed by atoms with E-state index in [1.807, 2.05) is 23.1 Å². The van der Waals surface area contributed by atoms with E-state index in [0.717, 1.165) is 19.6 Å². The third kappa shape index (κ3) is 4.03. The Balaban J connectivity index is 1.51. The van der Waals surface area contributed by atoms with Gasteiger partial charge in [-0.2, -0.15) is 0 Å². The van der Waals surface area contributed by atoms with Crippen molar-refractivity contribution in [2.45, 2.75) is 44.6 Å². The van der Waals surface area contributed by atoms with Gasteiger partial charge >= 0.3 is 5.97 Å². The van der Waals surface area contributed by atoms with Gasteiger partial charge in [0.15, 0.2) is 0 Å². The number of hydrogen-bond acceptors (Lipinski definition) is 3. The number of carboxylic acids is 1. The van der Waals surface area contributed by atoms with Gasteiger partial charge in [-0.25, -0.2) is 0 Å². The third-order valence-electron chi connectivity index (χ3n) is 6.75. The molecule has 4 rings (SSSR count). The molecule has 1 saturated carbocycles. The molecule has 0 aromatic heterocycles. The average molecular weight is 370 g/mol. The summed E-state index contributed by atoms with van der Waals surface area (Å²) in [5.74, 6) is 0.796. The molecule has 146 valence electrons. The van der Waals surface area contributed by atoms with Gasteiger partial charge in [-0.05, 0) is 30.2 Å². The number of likely N-dealkylation sites (tertiary alicyclic amines) is 2. The third-order valence-corrected chi connectivity index (χ3v) is 6.75. The Hall–Kier alpha value is -1.88. The summed E-state index contributed by atoms with van der Waals surface area (Å²) in [5.41, 5.74) is 1.19. The van der Waals surface area contributed by atoms with Gasteiger partial charge in [-0.1, -0.05) is 49.6 Å². The van der Waals surface area contributed by atoms with Crippen molar-refractivity contribution in [3.8, 4) is 0 Å². The van der Waals surface area contributed by atoms with Crippen LogP contribution in [0, 0.1) is 17.8 Å². The highest BCUT2D eigenvalue weighted by Gasteiger charge is 2.49. The van der Waals surface area contributed by atoms with E-state index in [-0.39, 0.29) is 12.6 Å². The number of hydrogen-bond donors (Lipinski definition) is 1. The fraction of sp³-hybridized carbons (Fsp3) is 0.636. The van der Waals surface area contributed by atoms with Crippen molar-refractivity contribution < 1.29 is 14.7 Å². The topological polar surface area (TPSA) is 60.9 Å². The Bertz CT molecular complexity index is 671. The zero-order valence-corrected chi connectivity index (χ0v) is 15.9. The first-order valence-corrected chi connectivity index (χ1v) is 10.4. The normalized spacial score (nSPS) is 29.0. The standard InChI is InChI=1S/C22H30N2O3/c25-20(11-16-7-3-1-4-8-16)24-13-18-12-23(15-21(26)27)14-19(18)22(24)17-9-5-2-6-10-17/h2,5-6,9-10,16,18-19,22H,1,3-4,7-8,11-15H2,(H,26,27)/t18-,19-,22+/m0/s1. The van der Waals surface area contributed by atoms with E-state index in [0.29, 0.717) is 30.1 Å². The second-order valence-electron chi connectivity index (χ2n) is 8.62. The van der Waals surface area contributed by atoms with Crippen molar-refractivity contribution in [1.82, 2.24) is 9.80 Å². The average Bonchev–Trinajstić information content (AvgIpc) is 3.19. The van der Waals surface area contributed by atoms with Gasteiger partial charge in [0, 0.05) is 32.0 Å². The predicted molar refractivity (Wildman–Crippen MR) is 103 cm³/mol. The minimum Gasteiger partial charge on any atom is -0.480 e. The molecule has 3 aliphatic rings. The van der Waals surface area contributed by atoms with Gasteiger partial charge < -0.3 is 10.0 Å². The lowest BCUT2D eigenvalue weighted by Crippen LogP contribution is -2.37. The molecule has 0 bridgehead atoms. The van der Waals surface area contributed by atoms with Crippen LogP contribution in [0.15, 0.2) is 30.3 Å². The Kier molecular flexibility index (Phi) is 5.48. The molecule has 0 radical (unpaired) electrons. The lowest BCUT2D eigenvalue weighted by atomic mass is 9.86. The number of nitrogens with zero attached hydrogens (tertiary/aromatic N) is 2. The number of carbonyl (C=O) groups excluding carboxylic acids is 1. The van der Waals surface area contributed by atoms with E-state index in [1.54, 1.807) is 0 Å². The van der Waals surface area contributed by atoms with Crippen LogP contribution in [-0.4, -0.2) is 53.0 Å². The summed E-state index contributed by atoms with van der Waals surface area (Å²) >= 11 is 0. The van der Waals surface area contributed by atoms with Gasteiger partial charge in [-0.15, -0.1) is 0 Å². The number of aliphatic carboxylic acids is 1. The first-order chi connectivity index (χ1) is 13.1. The van der Waals surface area contributed by atoms with Crippen LogP contribution in [0.1, 0.15) is 50.1 Å². The largest absolute Gasteiger partial charge is 0.480 e. The van der Waals surface area contributed by atoms with Gasteiger partial charge in [0.2, 0.25) is 5.91 Å². The first-order valence-electron chi connectivity index (χ1n) is 10.4. The summed E-state index contributed by atoms with van der Waals surface area (Å²) in [6.45, 7) is 2.42. The number of benzene rings is 1. The molecule has 1 aromatic rings. The summed E-state index contributed by atoms with van der Waals surface area (Å²) in [4.78, 5) is 28.5. The number of rotatable bonds is 5. The first kappa shape index (κ1) is 18.5. The molecule has 5 heteroatoms. The summed E-state index contributed by atoms with van der Waals surface area (Å²) in [7, 11) is 0. The zero-order chi connectivity index (χ0) is 18.8. The predicted octanol–water partition coefficient (Wildman–Crippen LogP) is 3.17. The molecule has 1 amide bonds. The second-order valence-corrected chi connectivity index (χ2v) is 8.62. The molecule has 2 saturated heterocycles. The molecule has 2 aliphatic heterocycles. The van der Waals surface area contributed by atoms with Crippen LogP contribution < -0.4 is 0 Å². The fourth-order valence-electron chi connectivity index (χ4n) is 5.55. The van der Waals surface area contributed by atoms with Crippen LogP contribution in [0.5, 0.6) is 0 Å². The smallest absolute Gasteiger partial charge is 0.317 e. The van der Waals surface area contributed by atoms with Gasteiger partial charge in [0.1, 0.15) is 0 Å². The van der Waals surface area contributed by atoms with Crippen LogP contribution >= 0.6 is 0 Å². The van der Waals surface area contributed by atoms with Crippen LogP contribution in [0.25, 0.3) is 0 Å². The molecule has 0 unspecified atom stereocenters. The molecule has 2 heterocycles. The fourth-order valence-corrected chi connectivity index (χ4v) is 5.55. The second kappa shape index (κ2) is 8.01. The van der Waals surface area contributed by atoms with Crippen LogP contribution in [0.3, 0.4) is 0 Å². The van der Waals surface area contributed by atoms with Crippen molar-refractivity contribution >= 4 is 11.9 Å². The highest BCUT2D eigenvalue weighted by molar-refractivity contribution is 5.77. The van der Waals surface area contributed by atoms with Crippen molar-refractivity contribution in [3.63, 3.8) is 0 Å². The van der Waals surface area contributed by atoms with Gasteiger partial charge in [0.05, 0.1) is 12.6 Å².